The van der Waals surface area contributed by atoms with Crippen LogP contribution in [0.2, 0.25) is 0 Å². The molecule has 0 atom stereocenters. The largest absolute Gasteiger partial charge is 0.480 e. The molecule has 1 rings (SSSR count). The van der Waals surface area contributed by atoms with Crippen molar-refractivity contribution < 1.29 is 14.3 Å². The summed E-state index contributed by atoms with van der Waals surface area (Å²) in [5.41, 5.74) is -0.548. The number of carbonyl (C=O) groups excluding carboxylic acids is 1. The van der Waals surface area contributed by atoms with Gasteiger partial charge < -0.3 is 9.47 Å². The van der Waals surface area contributed by atoms with Crippen LogP contribution in [0.5, 0.6) is 5.88 Å². The zero-order chi connectivity index (χ0) is 13.9. The molecule has 18 heavy (non-hydrogen) atoms. The molecule has 0 N–H and O–H groups in total. The third-order valence-corrected chi connectivity index (χ3v) is 2.86. The van der Waals surface area contributed by atoms with Gasteiger partial charge in [0, 0.05) is 7.05 Å². The molecule has 0 spiro atoms. The fourth-order valence-electron chi connectivity index (χ4n) is 1.14. The number of hydrogen-bond acceptors (Lipinski definition) is 5. The first-order chi connectivity index (χ1) is 8.26. The number of carbonyl (C=O) groups is 1. The second kappa shape index (κ2) is 5.68. The highest BCUT2D eigenvalue weighted by Gasteiger charge is 2.24. The summed E-state index contributed by atoms with van der Waals surface area (Å²) in [5, 5.41) is 0. The Hall–Kier alpha value is -1.12. The first-order valence-corrected chi connectivity index (χ1v) is 6.35. The lowest BCUT2D eigenvalue weighted by Crippen LogP contribution is -2.35. The highest BCUT2D eigenvalue weighted by molar-refractivity contribution is 14.1. The van der Waals surface area contributed by atoms with Crippen LogP contribution in [-0.4, -0.2) is 35.8 Å². The van der Waals surface area contributed by atoms with Crippen LogP contribution in [0.25, 0.3) is 0 Å². The van der Waals surface area contributed by atoms with Crippen LogP contribution in [0, 0.1) is 3.57 Å². The highest BCUT2D eigenvalue weighted by atomic mass is 127. The van der Waals surface area contributed by atoms with Crippen LogP contribution in [0.3, 0.4) is 0 Å². The summed E-state index contributed by atoms with van der Waals surface area (Å²) in [6.45, 7) is 5.43. The van der Waals surface area contributed by atoms with Gasteiger partial charge in [-0.05, 0) is 43.4 Å². The van der Waals surface area contributed by atoms with Gasteiger partial charge in [0.2, 0.25) is 5.88 Å². The Morgan fingerprint density at radius 2 is 2.00 bits per heavy atom. The SMILES string of the molecule is COc1ncnc(N(C)C(=O)OC(C)(C)C)c1I. The van der Waals surface area contributed by atoms with Crippen LogP contribution in [-0.2, 0) is 4.74 Å². The molecule has 1 aromatic heterocycles. The molecule has 1 aromatic rings. The lowest BCUT2D eigenvalue weighted by Gasteiger charge is -2.24. The first-order valence-electron chi connectivity index (χ1n) is 5.27. The average Bonchev–Trinajstić information content (AvgIpc) is 2.26. The molecule has 0 unspecified atom stereocenters. The molecule has 0 radical (unpaired) electrons. The van der Waals surface area contributed by atoms with Gasteiger partial charge in [-0.3, -0.25) is 4.90 Å². The van der Waals surface area contributed by atoms with E-state index >= 15 is 0 Å². The maximum absolute atomic E-state index is 11.9. The van der Waals surface area contributed by atoms with Crippen molar-refractivity contribution in [2.45, 2.75) is 26.4 Å². The molecule has 0 aliphatic rings. The molecule has 100 valence electrons. The zero-order valence-corrected chi connectivity index (χ0v) is 13.2. The van der Waals surface area contributed by atoms with E-state index in [0.29, 0.717) is 15.3 Å². The van der Waals surface area contributed by atoms with E-state index in [4.69, 9.17) is 9.47 Å². The van der Waals surface area contributed by atoms with E-state index in [-0.39, 0.29) is 0 Å². The van der Waals surface area contributed by atoms with Crippen LogP contribution >= 0.6 is 22.6 Å². The number of methoxy groups -OCH3 is 1. The lowest BCUT2D eigenvalue weighted by molar-refractivity contribution is 0.0588. The molecule has 6 nitrogen and oxygen atoms in total. The normalized spacial score (nSPS) is 11.0. The minimum absolute atomic E-state index is 0.427. The van der Waals surface area contributed by atoms with E-state index in [1.165, 1.54) is 18.3 Å². The highest BCUT2D eigenvalue weighted by Crippen LogP contribution is 2.26. The molecule has 0 aliphatic carbocycles. The second-order valence-corrected chi connectivity index (χ2v) is 5.64. The van der Waals surface area contributed by atoms with E-state index < -0.39 is 11.7 Å². The van der Waals surface area contributed by atoms with E-state index in [0.717, 1.165) is 0 Å². The van der Waals surface area contributed by atoms with Gasteiger partial charge in [-0.1, -0.05) is 0 Å². The number of nitrogens with zero attached hydrogens (tertiary/aromatic N) is 3. The van der Waals surface area contributed by atoms with Gasteiger partial charge in [-0.25, -0.2) is 14.8 Å². The topological polar surface area (TPSA) is 64.6 Å². The number of rotatable bonds is 2. The summed E-state index contributed by atoms with van der Waals surface area (Å²) in [7, 11) is 3.11. The molecular weight excluding hydrogens is 349 g/mol. The molecule has 7 heteroatoms. The molecule has 0 aliphatic heterocycles. The monoisotopic (exact) mass is 365 g/mol. The lowest BCUT2D eigenvalue weighted by atomic mass is 10.2. The standard InChI is InChI=1S/C11H16IN3O3/c1-11(2,3)18-10(16)15(4)8-7(12)9(17-5)14-6-13-8/h6H,1-5H3. The van der Waals surface area contributed by atoms with E-state index in [1.54, 1.807) is 7.05 Å². The maximum Gasteiger partial charge on any atom is 0.415 e. The number of ether oxygens (including phenoxy) is 2. The summed E-state index contributed by atoms with van der Waals surface area (Å²) >= 11 is 2.03. The van der Waals surface area contributed by atoms with E-state index in [9.17, 15) is 4.79 Å². The fraction of sp³-hybridized carbons (Fsp3) is 0.545. The summed E-state index contributed by atoms with van der Waals surface area (Å²) in [6, 6.07) is 0. The minimum Gasteiger partial charge on any atom is -0.480 e. The Morgan fingerprint density at radius 1 is 1.39 bits per heavy atom. The molecule has 0 aromatic carbocycles. The van der Waals surface area contributed by atoms with Gasteiger partial charge in [0.1, 0.15) is 15.5 Å². The van der Waals surface area contributed by atoms with Crippen molar-refractivity contribution in [3.8, 4) is 5.88 Å². The van der Waals surface area contributed by atoms with Crippen molar-refractivity contribution in [1.29, 1.82) is 0 Å². The third kappa shape index (κ3) is 3.69. The fourth-order valence-corrected chi connectivity index (χ4v) is 2.00. The van der Waals surface area contributed by atoms with Crippen LogP contribution in [0.1, 0.15) is 20.8 Å². The molecule has 1 heterocycles. The van der Waals surface area contributed by atoms with Crippen molar-refractivity contribution in [2.75, 3.05) is 19.1 Å². The van der Waals surface area contributed by atoms with E-state index in [2.05, 4.69) is 9.97 Å². The smallest absolute Gasteiger partial charge is 0.415 e. The van der Waals surface area contributed by atoms with Crippen LogP contribution in [0.4, 0.5) is 10.6 Å². The number of halogens is 1. The van der Waals surface area contributed by atoms with Gasteiger partial charge >= 0.3 is 6.09 Å². The maximum atomic E-state index is 11.9. The summed E-state index contributed by atoms with van der Waals surface area (Å²) in [4.78, 5) is 21.3. The predicted molar refractivity (Wildman–Crippen MR) is 75.9 cm³/mol. The molecule has 0 bridgehead atoms. The molecule has 0 saturated carbocycles. The van der Waals surface area contributed by atoms with Crippen molar-refractivity contribution >= 4 is 34.5 Å². The third-order valence-electron chi connectivity index (χ3n) is 1.92. The van der Waals surface area contributed by atoms with Crippen molar-refractivity contribution in [3.05, 3.63) is 9.90 Å². The van der Waals surface area contributed by atoms with Gasteiger partial charge in [-0.15, -0.1) is 0 Å². The summed E-state index contributed by atoms with van der Waals surface area (Å²) < 4.78 is 11.0. The van der Waals surface area contributed by atoms with E-state index in [1.807, 2.05) is 43.4 Å². The van der Waals surface area contributed by atoms with Gasteiger partial charge in [-0.2, -0.15) is 0 Å². The molecule has 0 saturated heterocycles. The minimum atomic E-state index is -0.548. The number of aromatic nitrogens is 2. The molecule has 1 amide bonds. The molecular formula is C11H16IN3O3. The second-order valence-electron chi connectivity index (χ2n) is 4.56. The zero-order valence-electron chi connectivity index (χ0n) is 11.0. The quantitative estimate of drug-likeness (QED) is 0.754. The van der Waals surface area contributed by atoms with Crippen LogP contribution in [0.15, 0.2) is 6.33 Å². The van der Waals surface area contributed by atoms with Gasteiger partial charge in [0.25, 0.3) is 0 Å². The van der Waals surface area contributed by atoms with Gasteiger partial charge in [0.15, 0.2) is 5.82 Å². The number of amides is 1. The Bertz CT molecular complexity index is 446. The summed E-state index contributed by atoms with van der Waals surface area (Å²) in [5.74, 6) is 0.882. The molecule has 0 fully saturated rings. The average molecular weight is 365 g/mol. The number of anilines is 1. The van der Waals surface area contributed by atoms with Gasteiger partial charge in [0.05, 0.1) is 7.11 Å². The summed E-state index contributed by atoms with van der Waals surface area (Å²) in [6.07, 6.45) is 0.873. The van der Waals surface area contributed by atoms with Crippen LogP contribution < -0.4 is 9.64 Å². The Labute approximate surface area is 120 Å². The van der Waals surface area contributed by atoms with Crippen molar-refractivity contribution in [1.82, 2.24) is 9.97 Å². The Morgan fingerprint density at radius 3 is 2.50 bits per heavy atom. The Balaban J connectivity index is 2.97. The van der Waals surface area contributed by atoms with Crippen molar-refractivity contribution in [2.24, 2.45) is 0 Å². The Kier molecular flexibility index (Phi) is 4.71. The predicted octanol–water partition coefficient (Wildman–Crippen LogP) is 2.46. The van der Waals surface area contributed by atoms with Crippen molar-refractivity contribution in [3.63, 3.8) is 0 Å². The first kappa shape index (κ1) is 14.9. The number of hydrogen-bond donors (Lipinski definition) is 0.